The molecule has 0 atom stereocenters. The van der Waals surface area contributed by atoms with Gasteiger partial charge in [-0.25, -0.2) is 8.42 Å². The third-order valence-corrected chi connectivity index (χ3v) is 9.24. The fraction of sp³-hybridized carbons (Fsp3) is 0.357. The maximum atomic E-state index is 13.6. The summed E-state index contributed by atoms with van der Waals surface area (Å²) in [6, 6.07) is 16.2. The maximum Gasteiger partial charge on any atom is 0.248 e. The molecule has 0 radical (unpaired) electrons. The van der Waals surface area contributed by atoms with Crippen molar-refractivity contribution in [2.75, 3.05) is 19.6 Å². The molecule has 1 fully saturated rings. The molecule has 1 aromatic heterocycles. The Labute approximate surface area is 212 Å². The van der Waals surface area contributed by atoms with Gasteiger partial charge in [-0.1, -0.05) is 65.3 Å². The van der Waals surface area contributed by atoms with E-state index in [0.717, 1.165) is 17.5 Å². The third-order valence-electron chi connectivity index (χ3n) is 7.18. The van der Waals surface area contributed by atoms with Crippen molar-refractivity contribution in [2.24, 2.45) is 5.92 Å². The number of aromatic nitrogens is 1. The zero-order valence-electron chi connectivity index (χ0n) is 20.7. The Morgan fingerprint density at radius 2 is 1.67 bits per heavy atom. The lowest BCUT2D eigenvalue weighted by atomic mass is 9.94. The molecule has 0 N–H and O–H groups in total. The van der Waals surface area contributed by atoms with Crippen LogP contribution in [-0.4, -0.2) is 48.3 Å². The zero-order valence-corrected chi connectivity index (χ0v) is 21.5. The van der Waals surface area contributed by atoms with Gasteiger partial charge in [0, 0.05) is 32.1 Å². The van der Waals surface area contributed by atoms with Gasteiger partial charge in [-0.15, -0.1) is 0 Å². The van der Waals surface area contributed by atoms with Crippen LogP contribution in [0.15, 0.2) is 57.9 Å². The Morgan fingerprint density at radius 1 is 0.972 bits per heavy atom. The van der Waals surface area contributed by atoms with Gasteiger partial charge in [0.15, 0.2) is 10.7 Å². The summed E-state index contributed by atoms with van der Waals surface area (Å²) in [7, 11) is -3.80. The number of nitrogens with zero attached hydrogens (tertiary/aromatic N) is 3. The van der Waals surface area contributed by atoms with Gasteiger partial charge in [-0.05, 0) is 55.9 Å². The summed E-state index contributed by atoms with van der Waals surface area (Å²) in [5.41, 5.74) is 4.93. The second-order valence-corrected chi connectivity index (χ2v) is 11.5. The molecule has 8 heteroatoms. The monoisotopic (exact) mass is 505 g/mol. The number of aryl methyl sites for hydroxylation is 2. The molecular formula is C28H31N3O4S. The average molecular weight is 506 g/mol. The van der Waals surface area contributed by atoms with Crippen molar-refractivity contribution in [2.45, 2.75) is 44.6 Å². The molecular weight excluding hydrogens is 474 g/mol. The molecule has 0 saturated carbocycles. The molecule has 188 valence electrons. The number of piperidine rings is 1. The molecule has 2 aromatic carbocycles. The van der Waals surface area contributed by atoms with Crippen molar-refractivity contribution in [3.8, 4) is 0 Å². The normalized spacial score (nSPS) is 17.4. The quantitative estimate of drug-likeness (QED) is 0.512. The fourth-order valence-electron chi connectivity index (χ4n) is 5.06. The molecule has 0 bridgehead atoms. The minimum Gasteiger partial charge on any atom is -0.355 e. The first-order valence-corrected chi connectivity index (χ1v) is 13.8. The van der Waals surface area contributed by atoms with Crippen LogP contribution in [-0.2, 0) is 27.8 Å². The molecule has 3 aromatic rings. The van der Waals surface area contributed by atoms with Crippen molar-refractivity contribution < 1.29 is 17.7 Å². The first-order valence-electron chi connectivity index (χ1n) is 12.4. The summed E-state index contributed by atoms with van der Waals surface area (Å²) in [6.07, 6.45) is 5.35. The van der Waals surface area contributed by atoms with Gasteiger partial charge in [-0.2, -0.15) is 4.31 Å². The lowest BCUT2D eigenvalue weighted by Gasteiger charge is -2.35. The SMILES string of the molecule is Cc1ccc(/C=C/c2onc(C)c2S(=O)(=O)N2CCC(C(=O)N3CCc4ccccc4C3)CC2)cc1. The van der Waals surface area contributed by atoms with Crippen LogP contribution in [0, 0.1) is 19.8 Å². The van der Waals surface area contributed by atoms with E-state index in [9.17, 15) is 13.2 Å². The summed E-state index contributed by atoms with van der Waals surface area (Å²) in [6.45, 7) is 5.60. The van der Waals surface area contributed by atoms with Crippen molar-refractivity contribution in [3.05, 3.63) is 82.2 Å². The second kappa shape index (κ2) is 10.0. The van der Waals surface area contributed by atoms with Gasteiger partial charge in [0.1, 0.15) is 5.69 Å². The Kier molecular flexibility index (Phi) is 6.81. The number of rotatable bonds is 5. The summed E-state index contributed by atoms with van der Waals surface area (Å²) < 4.78 is 34.0. The topological polar surface area (TPSA) is 83.7 Å². The van der Waals surface area contributed by atoms with Gasteiger partial charge in [0.2, 0.25) is 15.9 Å². The molecule has 2 aliphatic heterocycles. The van der Waals surface area contributed by atoms with Crippen LogP contribution in [0.4, 0.5) is 0 Å². The van der Waals surface area contributed by atoms with E-state index in [1.54, 1.807) is 13.0 Å². The Bertz CT molecular complexity index is 1380. The van der Waals surface area contributed by atoms with E-state index >= 15 is 0 Å². The average Bonchev–Trinajstić information content (AvgIpc) is 3.28. The van der Waals surface area contributed by atoms with Crippen LogP contribution < -0.4 is 0 Å². The Balaban J connectivity index is 1.26. The summed E-state index contributed by atoms with van der Waals surface area (Å²) >= 11 is 0. The van der Waals surface area contributed by atoms with Crippen LogP contribution in [0.5, 0.6) is 0 Å². The predicted molar refractivity (Wildman–Crippen MR) is 138 cm³/mol. The summed E-state index contributed by atoms with van der Waals surface area (Å²) in [5.74, 6) is 0.189. The van der Waals surface area contributed by atoms with E-state index in [0.29, 0.717) is 44.7 Å². The van der Waals surface area contributed by atoms with Crippen molar-refractivity contribution in [3.63, 3.8) is 0 Å². The molecule has 1 saturated heterocycles. The number of benzene rings is 2. The second-order valence-electron chi connectivity index (χ2n) is 9.66. The number of carbonyl (C=O) groups excluding carboxylic acids is 1. The lowest BCUT2D eigenvalue weighted by molar-refractivity contribution is -0.137. The molecule has 1 amide bonds. The minimum atomic E-state index is -3.80. The van der Waals surface area contributed by atoms with Gasteiger partial charge < -0.3 is 9.42 Å². The summed E-state index contributed by atoms with van der Waals surface area (Å²) in [4.78, 5) is 15.2. The van der Waals surface area contributed by atoms with Crippen molar-refractivity contribution in [1.29, 1.82) is 0 Å². The largest absolute Gasteiger partial charge is 0.355 e. The number of amides is 1. The van der Waals surface area contributed by atoms with E-state index in [1.165, 1.54) is 15.4 Å². The molecule has 2 aliphatic rings. The van der Waals surface area contributed by atoms with Crippen molar-refractivity contribution >= 4 is 28.1 Å². The van der Waals surface area contributed by atoms with Crippen LogP contribution in [0.3, 0.4) is 0 Å². The maximum absolute atomic E-state index is 13.6. The Hall–Kier alpha value is -3.23. The molecule has 5 rings (SSSR count). The molecule has 36 heavy (non-hydrogen) atoms. The number of carbonyl (C=O) groups is 1. The van der Waals surface area contributed by atoms with Crippen LogP contribution in [0.1, 0.15) is 46.5 Å². The van der Waals surface area contributed by atoms with E-state index in [4.69, 9.17) is 4.52 Å². The van der Waals surface area contributed by atoms with Crippen LogP contribution in [0.25, 0.3) is 12.2 Å². The molecule has 0 unspecified atom stereocenters. The third kappa shape index (κ3) is 4.88. The number of hydrogen-bond donors (Lipinski definition) is 0. The fourth-order valence-corrected chi connectivity index (χ4v) is 6.78. The molecule has 3 heterocycles. The predicted octanol–water partition coefficient (Wildman–Crippen LogP) is 4.45. The van der Waals surface area contributed by atoms with Crippen molar-refractivity contribution in [1.82, 2.24) is 14.4 Å². The first kappa shape index (κ1) is 24.5. The number of sulfonamides is 1. The summed E-state index contributed by atoms with van der Waals surface area (Å²) in [5, 5.41) is 3.93. The lowest BCUT2D eigenvalue weighted by Crippen LogP contribution is -2.45. The van der Waals surface area contributed by atoms with E-state index < -0.39 is 10.0 Å². The van der Waals surface area contributed by atoms with E-state index in [-0.39, 0.29) is 22.5 Å². The van der Waals surface area contributed by atoms with Crippen LogP contribution in [0.2, 0.25) is 0 Å². The zero-order chi connectivity index (χ0) is 25.3. The molecule has 0 aliphatic carbocycles. The number of hydrogen-bond acceptors (Lipinski definition) is 5. The molecule has 7 nitrogen and oxygen atoms in total. The highest BCUT2D eigenvalue weighted by Crippen LogP contribution is 2.30. The highest BCUT2D eigenvalue weighted by molar-refractivity contribution is 7.89. The number of fused-ring (bicyclic) bond motifs is 1. The van der Waals surface area contributed by atoms with E-state index in [1.807, 2.05) is 54.3 Å². The standard InChI is InChI=1S/C28H31N3O4S/c1-20-7-9-22(10-8-20)11-12-26-27(21(2)29-35-26)36(33,34)31-17-14-24(15-18-31)28(32)30-16-13-23-5-3-4-6-25(23)19-30/h3-12,24H,13-19H2,1-2H3/b12-11+. The Morgan fingerprint density at radius 3 is 2.39 bits per heavy atom. The van der Waals surface area contributed by atoms with Gasteiger partial charge >= 0.3 is 0 Å². The highest BCUT2D eigenvalue weighted by Gasteiger charge is 2.37. The smallest absolute Gasteiger partial charge is 0.248 e. The first-order chi connectivity index (χ1) is 17.3. The van der Waals surface area contributed by atoms with Gasteiger partial charge in [0.05, 0.1) is 0 Å². The highest BCUT2D eigenvalue weighted by atomic mass is 32.2. The van der Waals surface area contributed by atoms with Crippen LogP contribution >= 0.6 is 0 Å². The van der Waals surface area contributed by atoms with Gasteiger partial charge in [0.25, 0.3) is 0 Å². The molecule has 0 spiro atoms. The van der Waals surface area contributed by atoms with Gasteiger partial charge in [-0.3, -0.25) is 4.79 Å². The van der Waals surface area contributed by atoms with E-state index in [2.05, 4.69) is 17.3 Å². The minimum absolute atomic E-state index is 0.100.